The fraction of sp³-hybridized carbons (Fsp3) is 0.562. The van der Waals surface area contributed by atoms with Crippen LogP contribution in [0.25, 0.3) is 0 Å². The SMILES string of the molecule is Cc1ccc(CNC(=O)CCN(C(C)(C)C)S(C)(=O)=O)cc1. The summed E-state index contributed by atoms with van der Waals surface area (Å²) >= 11 is 0. The van der Waals surface area contributed by atoms with E-state index in [1.807, 2.05) is 52.0 Å². The zero-order valence-corrected chi connectivity index (χ0v) is 14.8. The highest BCUT2D eigenvalue weighted by Crippen LogP contribution is 2.17. The Bertz CT molecular complexity index is 601. The van der Waals surface area contributed by atoms with Gasteiger partial charge in [-0.25, -0.2) is 8.42 Å². The summed E-state index contributed by atoms with van der Waals surface area (Å²) < 4.78 is 24.9. The van der Waals surface area contributed by atoms with Crippen molar-refractivity contribution >= 4 is 15.9 Å². The second-order valence-electron chi connectivity index (χ2n) is 6.52. The quantitative estimate of drug-likeness (QED) is 0.870. The molecule has 0 spiro atoms. The molecule has 22 heavy (non-hydrogen) atoms. The Kier molecular flexibility index (Phi) is 6.14. The minimum Gasteiger partial charge on any atom is -0.352 e. The number of amides is 1. The van der Waals surface area contributed by atoms with Gasteiger partial charge in [0.25, 0.3) is 0 Å². The van der Waals surface area contributed by atoms with Crippen molar-refractivity contribution in [1.29, 1.82) is 0 Å². The molecular formula is C16H26N2O3S. The van der Waals surface area contributed by atoms with Gasteiger partial charge in [-0.3, -0.25) is 4.79 Å². The molecule has 0 radical (unpaired) electrons. The van der Waals surface area contributed by atoms with Crippen LogP contribution in [-0.2, 0) is 21.4 Å². The van der Waals surface area contributed by atoms with Gasteiger partial charge in [0.2, 0.25) is 15.9 Å². The molecular weight excluding hydrogens is 300 g/mol. The zero-order valence-electron chi connectivity index (χ0n) is 14.0. The molecule has 0 aliphatic heterocycles. The van der Waals surface area contributed by atoms with Crippen LogP contribution in [0, 0.1) is 6.92 Å². The number of nitrogens with zero attached hydrogens (tertiary/aromatic N) is 1. The number of nitrogens with one attached hydrogen (secondary N) is 1. The van der Waals surface area contributed by atoms with Gasteiger partial charge in [-0.2, -0.15) is 4.31 Å². The van der Waals surface area contributed by atoms with Gasteiger partial charge >= 0.3 is 0 Å². The first-order chi connectivity index (χ1) is 10.00. The highest BCUT2D eigenvalue weighted by molar-refractivity contribution is 7.88. The fourth-order valence-corrected chi connectivity index (χ4v) is 3.61. The molecule has 0 atom stereocenters. The van der Waals surface area contributed by atoms with Crippen molar-refractivity contribution in [2.75, 3.05) is 12.8 Å². The first-order valence-electron chi connectivity index (χ1n) is 7.30. The Morgan fingerprint density at radius 3 is 2.18 bits per heavy atom. The van der Waals surface area contributed by atoms with Crippen LogP contribution in [0.1, 0.15) is 38.3 Å². The lowest BCUT2D eigenvalue weighted by atomic mass is 10.1. The van der Waals surface area contributed by atoms with Crippen LogP contribution in [0.5, 0.6) is 0 Å². The van der Waals surface area contributed by atoms with E-state index in [9.17, 15) is 13.2 Å². The molecule has 0 bridgehead atoms. The van der Waals surface area contributed by atoms with E-state index in [1.54, 1.807) is 0 Å². The molecule has 1 rings (SSSR count). The fourth-order valence-electron chi connectivity index (χ4n) is 2.20. The Labute approximate surface area is 133 Å². The highest BCUT2D eigenvalue weighted by atomic mass is 32.2. The Morgan fingerprint density at radius 2 is 1.73 bits per heavy atom. The molecule has 0 unspecified atom stereocenters. The summed E-state index contributed by atoms with van der Waals surface area (Å²) in [5.74, 6) is -0.154. The summed E-state index contributed by atoms with van der Waals surface area (Å²) in [4.78, 5) is 11.9. The third-order valence-electron chi connectivity index (χ3n) is 3.30. The van der Waals surface area contributed by atoms with E-state index < -0.39 is 15.6 Å². The highest BCUT2D eigenvalue weighted by Gasteiger charge is 2.29. The smallest absolute Gasteiger partial charge is 0.221 e. The predicted octanol–water partition coefficient (Wildman–Crippen LogP) is 2.06. The average Bonchev–Trinajstić information content (AvgIpc) is 2.35. The Hall–Kier alpha value is -1.40. The molecule has 0 heterocycles. The van der Waals surface area contributed by atoms with Crippen LogP contribution >= 0.6 is 0 Å². The van der Waals surface area contributed by atoms with Crippen molar-refractivity contribution in [3.8, 4) is 0 Å². The van der Waals surface area contributed by atoms with Gasteiger partial charge in [0.15, 0.2) is 0 Å². The summed E-state index contributed by atoms with van der Waals surface area (Å²) in [7, 11) is -3.34. The third-order valence-corrected chi connectivity index (χ3v) is 4.83. The maximum absolute atomic E-state index is 11.9. The molecule has 6 heteroatoms. The van der Waals surface area contributed by atoms with Gasteiger partial charge in [-0.05, 0) is 33.3 Å². The Morgan fingerprint density at radius 1 is 1.18 bits per heavy atom. The molecule has 1 amide bonds. The van der Waals surface area contributed by atoms with Crippen molar-refractivity contribution in [2.45, 2.75) is 46.2 Å². The van der Waals surface area contributed by atoms with Crippen molar-refractivity contribution in [3.63, 3.8) is 0 Å². The van der Waals surface area contributed by atoms with Crippen LogP contribution in [0.15, 0.2) is 24.3 Å². The van der Waals surface area contributed by atoms with E-state index in [2.05, 4.69) is 5.32 Å². The normalized spacial score (nSPS) is 12.5. The van der Waals surface area contributed by atoms with E-state index in [0.29, 0.717) is 6.54 Å². The molecule has 1 N–H and O–H groups in total. The molecule has 0 aliphatic carbocycles. The molecule has 0 aromatic heterocycles. The zero-order chi connectivity index (χ0) is 17.0. The van der Waals surface area contributed by atoms with E-state index in [0.717, 1.165) is 5.56 Å². The van der Waals surface area contributed by atoms with Gasteiger partial charge in [0, 0.05) is 25.0 Å². The minimum absolute atomic E-state index is 0.149. The maximum atomic E-state index is 11.9. The predicted molar refractivity (Wildman–Crippen MR) is 88.9 cm³/mol. The second kappa shape index (κ2) is 7.24. The molecule has 5 nitrogen and oxygen atoms in total. The third kappa shape index (κ3) is 6.15. The monoisotopic (exact) mass is 326 g/mol. The van der Waals surface area contributed by atoms with Crippen LogP contribution in [0.2, 0.25) is 0 Å². The molecule has 124 valence electrons. The van der Waals surface area contributed by atoms with Crippen LogP contribution < -0.4 is 5.32 Å². The first kappa shape index (κ1) is 18.6. The largest absolute Gasteiger partial charge is 0.352 e. The average molecular weight is 326 g/mol. The standard InChI is InChI=1S/C16H26N2O3S/c1-13-6-8-14(9-7-13)12-17-15(19)10-11-18(16(2,3)4)22(5,20)21/h6-9H,10-12H2,1-5H3,(H,17,19). The number of carbonyl (C=O) groups excluding carboxylic acids is 1. The molecule has 0 saturated carbocycles. The van der Waals surface area contributed by atoms with Crippen molar-refractivity contribution in [1.82, 2.24) is 9.62 Å². The van der Waals surface area contributed by atoms with Gasteiger partial charge in [-0.15, -0.1) is 0 Å². The number of hydrogen-bond acceptors (Lipinski definition) is 3. The van der Waals surface area contributed by atoms with Crippen molar-refractivity contribution in [3.05, 3.63) is 35.4 Å². The lowest BCUT2D eigenvalue weighted by Gasteiger charge is -2.33. The number of benzene rings is 1. The van der Waals surface area contributed by atoms with E-state index >= 15 is 0 Å². The van der Waals surface area contributed by atoms with Crippen molar-refractivity contribution < 1.29 is 13.2 Å². The summed E-state index contributed by atoms with van der Waals surface area (Å²) in [6.45, 7) is 8.10. The van der Waals surface area contributed by atoms with Gasteiger partial charge in [-0.1, -0.05) is 29.8 Å². The minimum atomic E-state index is -3.34. The molecule has 0 saturated heterocycles. The number of hydrogen-bond donors (Lipinski definition) is 1. The number of carbonyl (C=O) groups is 1. The number of sulfonamides is 1. The molecule has 0 aliphatic rings. The van der Waals surface area contributed by atoms with Crippen LogP contribution in [0.3, 0.4) is 0 Å². The summed E-state index contributed by atoms with van der Waals surface area (Å²) in [6, 6.07) is 7.92. The van der Waals surface area contributed by atoms with E-state index in [1.165, 1.54) is 16.1 Å². The second-order valence-corrected chi connectivity index (χ2v) is 8.43. The van der Waals surface area contributed by atoms with Gasteiger partial charge in [0.05, 0.1) is 6.26 Å². The van der Waals surface area contributed by atoms with Gasteiger partial charge < -0.3 is 5.32 Å². The lowest BCUT2D eigenvalue weighted by Crippen LogP contribution is -2.46. The van der Waals surface area contributed by atoms with Gasteiger partial charge in [0.1, 0.15) is 0 Å². The maximum Gasteiger partial charge on any atom is 0.221 e. The topological polar surface area (TPSA) is 66.5 Å². The van der Waals surface area contributed by atoms with Crippen LogP contribution in [0.4, 0.5) is 0 Å². The lowest BCUT2D eigenvalue weighted by molar-refractivity contribution is -0.121. The van der Waals surface area contributed by atoms with E-state index in [-0.39, 0.29) is 18.9 Å². The molecule has 0 fully saturated rings. The summed E-state index contributed by atoms with van der Waals surface area (Å²) in [5.41, 5.74) is 1.66. The number of aryl methyl sites for hydroxylation is 1. The van der Waals surface area contributed by atoms with Crippen molar-refractivity contribution in [2.24, 2.45) is 0 Å². The molecule has 1 aromatic carbocycles. The summed E-state index contributed by atoms with van der Waals surface area (Å²) in [5, 5.41) is 2.82. The molecule has 1 aromatic rings. The van der Waals surface area contributed by atoms with Crippen LogP contribution in [-0.4, -0.2) is 37.0 Å². The summed E-state index contributed by atoms with van der Waals surface area (Å²) in [6.07, 6.45) is 1.32. The Balaban J connectivity index is 2.53. The number of rotatable bonds is 6. The first-order valence-corrected chi connectivity index (χ1v) is 9.15. The van der Waals surface area contributed by atoms with E-state index in [4.69, 9.17) is 0 Å².